The molecule has 1 heterocycles. The number of carboxylic acid groups (broad SMARTS) is 1. The number of carbonyl (C=O) groups is 1. The summed E-state index contributed by atoms with van der Waals surface area (Å²) in [5, 5.41) is 20.3. The first-order valence-electron chi connectivity index (χ1n) is 4.77. The van der Waals surface area contributed by atoms with E-state index in [9.17, 15) is 14.9 Å². The second kappa shape index (κ2) is 3.58. The van der Waals surface area contributed by atoms with Crippen molar-refractivity contribution in [3.63, 3.8) is 0 Å². The van der Waals surface area contributed by atoms with Gasteiger partial charge in [-0.3, -0.25) is 0 Å². The van der Waals surface area contributed by atoms with Gasteiger partial charge in [0.25, 0.3) is 0 Å². The molecule has 0 radical (unpaired) electrons. The van der Waals surface area contributed by atoms with E-state index in [1.54, 1.807) is 12.1 Å². The molecule has 4 nitrogen and oxygen atoms in total. The van der Waals surface area contributed by atoms with Crippen molar-refractivity contribution in [2.24, 2.45) is 0 Å². The quantitative estimate of drug-likeness (QED) is 0.647. The summed E-state index contributed by atoms with van der Waals surface area (Å²) in [4.78, 5) is 10.8. The van der Waals surface area contributed by atoms with Crippen LogP contribution in [0.5, 0.6) is 5.75 Å². The van der Waals surface area contributed by atoms with E-state index in [1.165, 1.54) is 6.07 Å². The standard InChI is InChI=1S/C10H11BO4/c1-6-5-7-3-2-4-8(10(12)13)9(7)15-11(6)14/h2-4,6,14H,5H2,1H3,(H,12,13)/p-1/t6-/m0/s1. The summed E-state index contributed by atoms with van der Waals surface area (Å²) in [7, 11) is -0.946. The second-order valence-corrected chi connectivity index (χ2v) is 3.77. The highest BCUT2D eigenvalue weighted by molar-refractivity contribution is 6.46. The third-order valence-corrected chi connectivity index (χ3v) is 2.58. The molecule has 0 saturated carbocycles. The summed E-state index contributed by atoms with van der Waals surface area (Å²) >= 11 is 0. The van der Waals surface area contributed by atoms with Crippen LogP contribution in [0, 0.1) is 0 Å². The lowest BCUT2D eigenvalue weighted by Crippen LogP contribution is -2.34. The Balaban J connectivity index is 2.48. The van der Waals surface area contributed by atoms with Crippen LogP contribution < -0.4 is 9.76 Å². The van der Waals surface area contributed by atoms with Gasteiger partial charge in [0.2, 0.25) is 0 Å². The molecule has 5 heteroatoms. The first-order valence-corrected chi connectivity index (χ1v) is 4.77. The van der Waals surface area contributed by atoms with Crippen LogP contribution in [0.25, 0.3) is 0 Å². The van der Waals surface area contributed by atoms with E-state index in [-0.39, 0.29) is 17.1 Å². The van der Waals surface area contributed by atoms with Crippen LogP contribution in [-0.2, 0) is 6.42 Å². The molecule has 1 aliphatic rings. The molecule has 0 unspecified atom stereocenters. The van der Waals surface area contributed by atoms with Gasteiger partial charge < -0.3 is 19.6 Å². The van der Waals surface area contributed by atoms with Crippen molar-refractivity contribution in [3.05, 3.63) is 29.3 Å². The van der Waals surface area contributed by atoms with Crippen LogP contribution in [0.4, 0.5) is 0 Å². The van der Waals surface area contributed by atoms with Crippen molar-refractivity contribution in [3.8, 4) is 5.75 Å². The van der Waals surface area contributed by atoms with Crippen LogP contribution in [0.2, 0.25) is 5.82 Å². The van der Waals surface area contributed by atoms with Gasteiger partial charge in [-0.1, -0.05) is 19.1 Å². The predicted octanol–water partition coefficient (Wildman–Crippen LogP) is -0.144. The second-order valence-electron chi connectivity index (χ2n) is 3.77. The number of carboxylic acids is 1. The molecule has 1 atom stereocenters. The number of hydrogen-bond acceptors (Lipinski definition) is 4. The van der Waals surface area contributed by atoms with Gasteiger partial charge in [0.15, 0.2) is 0 Å². The van der Waals surface area contributed by atoms with Crippen molar-refractivity contribution < 1.29 is 19.6 Å². The number of fused-ring (bicyclic) bond motifs is 1. The van der Waals surface area contributed by atoms with E-state index < -0.39 is 13.1 Å². The molecular formula is C10H10BO4-. The molecule has 2 rings (SSSR count). The monoisotopic (exact) mass is 205 g/mol. The van der Waals surface area contributed by atoms with Crippen LogP contribution in [0.3, 0.4) is 0 Å². The zero-order valence-electron chi connectivity index (χ0n) is 8.27. The predicted molar refractivity (Wildman–Crippen MR) is 52.5 cm³/mol. The minimum Gasteiger partial charge on any atom is -0.545 e. The summed E-state index contributed by atoms with van der Waals surface area (Å²) in [5.41, 5.74) is 0.799. The Morgan fingerprint density at radius 2 is 2.40 bits per heavy atom. The molecular weight excluding hydrogens is 195 g/mol. The third-order valence-electron chi connectivity index (χ3n) is 2.58. The van der Waals surface area contributed by atoms with Crippen molar-refractivity contribution in [2.45, 2.75) is 19.2 Å². The summed E-state index contributed by atoms with van der Waals surface area (Å²) in [6.45, 7) is 1.85. The van der Waals surface area contributed by atoms with E-state index in [0.29, 0.717) is 6.42 Å². The Morgan fingerprint density at radius 1 is 1.67 bits per heavy atom. The topological polar surface area (TPSA) is 69.6 Å². The lowest BCUT2D eigenvalue weighted by Gasteiger charge is -2.26. The molecule has 0 aromatic heterocycles. The Morgan fingerprint density at radius 3 is 3.07 bits per heavy atom. The van der Waals surface area contributed by atoms with Gasteiger partial charge in [-0.15, -0.1) is 0 Å². The van der Waals surface area contributed by atoms with Gasteiger partial charge in [-0.05, 0) is 18.1 Å². The number of rotatable bonds is 1. The SMILES string of the molecule is C[C@H]1Cc2cccc(C(=O)[O-])c2OB1O. The number of hydrogen-bond donors (Lipinski definition) is 1. The van der Waals surface area contributed by atoms with Gasteiger partial charge in [0, 0.05) is 11.4 Å². The summed E-state index contributed by atoms with van der Waals surface area (Å²) in [5.74, 6) is -1.08. The third kappa shape index (κ3) is 1.70. The van der Waals surface area contributed by atoms with Crippen molar-refractivity contribution in [2.75, 3.05) is 0 Å². The average molecular weight is 205 g/mol. The van der Waals surface area contributed by atoms with E-state index in [0.717, 1.165) is 5.56 Å². The fourth-order valence-electron chi connectivity index (χ4n) is 1.73. The highest BCUT2D eigenvalue weighted by atomic mass is 16.5. The molecule has 0 aliphatic carbocycles. The summed E-state index contributed by atoms with van der Waals surface area (Å²) in [6, 6.07) is 4.86. The maximum atomic E-state index is 10.8. The largest absolute Gasteiger partial charge is 0.545 e. The summed E-state index contributed by atoms with van der Waals surface area (Å²) in [6.07, 6.45) is 0.609. The molecule has 0 saturated heterocycles. The number of benzene rings is 1. The number of carbonyl (C=O) groups excluding carboxylic acids is 1. The van der Waals surface area contributed by atoms with E-state index in [1.807, 2.05) is 6.92 Å². The zero-order valence-corrected chi connectivity index (χ0v) is 8.27. The van der Waals surface area contributed by atoms with Gasteiger partial charge in [-0.2, -0.15) is 0 Å². The molecule has 1 N–H and O–H groups in total. The minimum absolute atomic E-state index is 0.00144. The first-order chi connectivity index (χ1) is 7.09. The van der Waals surface area contributed by atoms with E-state index in [4.69, 9.17) is 4.65 Å². The zero-order chi connectivity index (χ0) is 11.0. The van der Waals surface area contributed by atoms with Gasteiger partial charge >= 0.3 is 7.12 Å². The van der Waals surface area contributed by atoms with Crippen LogP contribution in [-0.4, -0.2) is 18.1 Å². The van der Waals surface area contributed by atoms with Crippen molar-refractivity contribution >= 4 is 13.1 Å². The van der Waals surface area contributed by atoms with Crippen molar-refractivity contribution in [1.82, 2.24) is 0 Å². The minimum atomic E-state index is -1.28. The maximum Gasteiger partial charge on any atom is 0.525 e. The molecule has 1 aromatic carbocycles. The van der Waals surface area contributed by atoms with E-state index in [2.05, 4.69) is 0 Å². The lowest BCUT2D eigenvalue weighted by atomic mass is 9.68. The highest BCUT2D eigenvalue weighted by Crippen LogP contribution is 2.33. The Kier molecular flexibility index (Phi) is 2.40. The normalized spacial score (nSPS) is 19.3. The smallest absolute Gasteiger partial charge is 0.525 e. The summed E-state index contributed by atoms with van der Waals surface area (Å²) < 4.78 is 5.17. The first kappa shape index (κ1) is 10.0. The van der Waals surface area contributed by atoms with Crippen LogP contribution in [0.15, 0.2) is 18.2 Å². The van der Waals surface area contributed by atoms with Crippen LogP contribution >= 0.6 is 0 Å². The van der Waals surface area contributed by atoms with E-state index >= 15 is 0 Å². The number of para-hydroxylation sites is 1. The highest BCUT2D eigenvalue weighted by Gasteiger charge is 2.32. The maximum absolute atomic E-state index is 10.8. The van der Waals surface area contributed by atoms with Gasteiger partial charge in [0.05, 0.1) is 5.97 Å². The molecule has 1 aliphatic heterocycles. The Labute approximate surface area is 87.6 Å². The average Bonchev–Trinajstić information content (AvgIpc) is 2.18. The van der Waals surface area contributed by atoms with Gasteiger partial charge in [0.1, 0.15) is 5.75 Å². The number of aromatic carboxylic acids is 1. The molecule has 0 spiro atoms. The molecule has 0 amide bonds. The fourth-order valence-corrected chi connectivity index (χ4v) is 1.73. The van der Waals surface area contributed by atoms with Crippen LogP contribution in [0.1, 0.15) is 22.8 Å². The molecule has 1 aromatic rings. The molecule has 0 bridgehead atoms. The van der Waals surface area contributed by atoms with Crippen molar-refractivity contribution in [1.29, 1.82) is 0 Å². The Bertz CT molecular complexity index is 404. The Hall–Kier alpha value is -1.49. The fraction of sp³-hybridized carbons (Fsp3) is 0.300. The molecule has 78 valence electrons. The molecule has 0 fully saturated rings. The lowest BCUT2D eigenvalue weighted by molar-refractivity contribution is -0.255. The molecule has 15 heavy (non-hydrogen) atoms. The van der Waals surface area contributed by atoms with Gasteiger partial charge in [-0.25, -0.2) is 0 Å².